The van der Waals surface area contributed by atoms with Crippen molar-refractivity contribution in [2.45, 2.75) is 13.1 Å². The van der Waals surface area contributed by atoms with Crippen LogP contribution in [0.15, 0.2) is 48.8 Å². The summed E-state index contributed by atoms with van der Waals surface area (Å²) in [6, 6.07) is 11.5. The molecule has 1 aromatic heterocycles. The Morgan fingerprint density at radius 1 is 1.17 bits per heavy atom. The van der Waals surface area contributed by atoms with Crippen LogP contribution in [0.3, 0.4) is 0 Å². The van der Waals surface area contributed by atoms with Gasteiger partial charge in [-0.2, -0.15) is 5.10 Å². The highest BCUT2D eigenvalue weighted by Crippen LogP contribution is 1.96. The van der Waals surface area contributed by atoms with Gasteiger partial charge in [0.1, 0.15) is 0 Å². The number of nitrogens with one attached hydrogen (secondary N) is 2. The maximum Gasteiger partial charge on any atom is 0.315 e. The molecule has 18 heavy (non-hydrogen) atoms. The lowest BCUT2D eigenvalue weighted by Gasteiger charge is -2.07. The first-order valence-electron chi connectivity index (χ1n) is 5.87. The van der Waals surface area contributed by atoms with Gasteiger partial charge in [0.15, 0.2) is 0 Å². The summed E-state index contributed by atoms with van der Waals surface area (Å²) in [4.78, 5) is 11.5. The van der Waals surface area contributed by atoms with Crippen LogP contribution in [-0.2, 0) is 13.1 Å². The van der Waals surface area contributed by atoms with Crippen molar-refractivity contribution >= 4 is 6.03 Å². The van der Waals surface area contributed by atoms with Crippen LogP contribution in [0.2, 0.25) is 0 Å². The third kappa shape index (κ3) is 3.93. The molecule has 0 unspecified atom stereocenters. The van der Waals surface area contributed by atoms with Gasteiger partial charge in [-0.1, -0.05) is 30.3 Å². The first kappa shape index (κ1) is 12.2. The molecule has 5 heteroatoms. The van der Waals surface area contributed by atoms with Crippen molar-refractivity contribution in [1.82, 2.24) is 20.4 Å². The minimum absolute atomic E-state index is 0.161. The first-order valence-corrected chi connectivity index (χ1v) is 5.87. The molecule has 0 spiro atoms. The van der Waals surface area contributed by atoms with Gasteiger partial charge in [-0.05, 0) is 11.6 Å². The number of hydrogen-bond acceptors (Lipinski definition) is 2. The third-order valence-corrected chi connectivity index (χ3v) is 2.48. The van der Waals surface area contributed by atoms with Crippen molar-refractivity contribution in [2.75, 3.05) is 6.54 Å². The van der Waals surface area contributed by atoms with Gasteiger partial charge in [0.05, 0.1) is 6.54 Å². The molecule has 5 nitrogen and oxygen atoms in total. The minimum atomic E-state index is -0.161. The minimum Gasteiger partial charge on any atom is -0.336 e. The van der Waals surface area contributed by atoms with E-state index in [9.17, 15) is 4.79 Å². The summed E-state index contributed by atoms with van der Waals surface area (Å²) >= 11 is 0. The van der Waals surface area contributed by atoms with Gasteiger partial charge in [-0.3, -0.25) is 4.68 Å². The molecule has 2 rings (SSSR count). The number of amides is 2. The smallest absolute Gasteiger partial charge is 0.315 e. The highest BCUT2D eigenvalue weighted by Gasteiger charge is 1.99. The summed E-state index contributed by atoms with van der Waals surface area (Å²) in [6.45, 7) is 1.77. The lowest BCUT2D eigenvalue weighted by molar-refractivity contribution is 0.240. The fraction of sp³-hybridized carbons (Fsp3) is 0.231. The second-order valence-corrected chi connectivity index (χ2v) is 3.86. The summed E-state index contributed by atoms with van der Waals surface area (Å²) < 4.78 is 1.78. The van der Waals surface area contributed by atoms with Gasteiger partial charge in [-0.15, -0.1) is 0 Å². The Labute approximate surface area is 106 Å². The van der Waals surface area contributed by atoms with E-state index in [1.54, 1.807) is 10.9 Å². The molecule has 0 saturated carbocycles. The molecule has 0 aliphatic rings. The summed E-state index contributed by atoms with van der Waals surface area (Å²) in [5, 5.41) is 9.63. The lowest BCUT2D eigenvalue weighted by atomic mass is 10.2. The van der Waals surface area contributed by atoms with E-state index in [0.717, 1.165) is 5.56 Å². The van der Waals surface area contributed by atoms with Crippen molar-refractivity contribution in [1.29, 1.82) is 0 Å². The van der Waals surface area contributed by atoms with Crippen LogP contribution in [0.1, 0.15) is 5.56 Å². The zero-order valence-corrected chi connectivity index (χ0v) is 10.0. The quantitative estimate of drug-likeness (QED) is 0.834. The second-order valence-electron chi connectivity index (χ2n) is 3.86. The Hall–Kier alpha value is -2.30. The molecule has 2 aromatic rings. The fourth-order valence-electron chi connectivity index (χ4n) is 1.56. The van der Waals surface area contributed by atoms with Crippen LogP contribution in [0.5, 0.6) is 0 Å². The molecule has 0 saturated heterocycles. The van der Waals surface area contributed by atoms with E-state index in [1.165, 1.54) is 0 Å². The number of carbonyl (C=O) groups excluding carboxylic acids is 1. The third-order valence-electron chi connectivity index (χ3n) is 2.48. The Morgan fingerprint density at radius 3 is 2.72 bits per heavy atom. The van der Waals surface area contributed by atoms with E-state index in [-0.39, 0.29) is 6.03 Å². The standard InChI is InChI=1S/C13H16N4O/c18-13(14-8-10-17-9-4-7-16-17)15-11-12-5-2-1-3-6-12/h1-7,9H,8,10-11H2,(H2,14,15,18). The lowest BCUT2D eigenvalue weighted by Crippen LogP contribution is -2.36. The average Bonchev–Trinajstić information content (AvgIpc) is 2.91. The Balaban J connectivity index is 1.63. The summed E-state index contributed by atoms with van der Waals surface area (Å²) in [6.07, 6.45) is 3.58. The number of nitrogens with zero attached hydrogens (tertiary/aromatic N) is 2. The summed E-state index contributed by atoms with van der Waals surface area (Å²) in [5.41, 5.74) is 1.08. The molecule has 94 valence electrons. The summed E-state index contributed by atoms with van der Waals surface area (Å²) in [5.74, 6) is 0. The highest BCUT2D eigenvalue weighted by atomic mass is 16.2. The van der Waals surface area contributed by atoms with Crippen molar-refractivity contribution in [3.05, 3.63) is 54.4 Å². The molecule has 0 fully saturated rings. The number of hydrogen-bond donors (Lipinski definition) is 2. The van der Waals surface area contributed by atoms with Gasteiger partial charge in [0, 0.05) is 25.5 Å². The predicted octanol–water partition coefficient (Wildman–Crippen LogP) is 1.38. The van der Waals surface area contributed by atoms with Crippen molar-refractivity contribution in [2.24, 2.45) is 0 Å². The van der Waals surface area contributed by atoms with Crippen LogP contribution in [0.25, 0.3) is 0 Å². The molecular formula is C13H16N4O. The molecule has 1 heterocycles. The van der Waals surface area contributed by atoms with Gasteiger partial charge in [0.2, 0.25) is 0 Å². The maximum atomic E-state index is 11.5. The molecule has 0 bridgehead atoms. The Morgan fingerprint density at radius 2 is 2.00 bits per heavy atom. The highest BCUT2D eigenvalue weighted by molar-refractivity contribution is 5.73. The van der Waals surface area contributed by atoms with E-state index < -0.39 is 0 Å². The second kappa shape index (κ2) is 6.44. The zero-order chi connectivity index (χ0) is 12.6. The predicted molar refractivity (Wildman–Crippen MR) is 68.9 cm³/mol. The van der Waals surface area contributed by atoms with Crippen LogP contribution in [0.4, 0.5) is 4.79 Å². The van der Waals surface area contributed by atoms with Crippen LogP contribution >= 0.6 is 0 Å². The normalized spacial score (nSPS) is 10.0. The van der Waals surface area contributed by atoms with Gasteiger partial charge >= 0.3 is 6.03 Å². The van der Waals surface area contributed by atoms with E-state index in [1.807, 2.05) is 42.6 Å². The molecule has 0 atom stereocenters. The zero-order valence-electron chi connectivity index (χ0n) is 10.0. The van der Waals surface area contributed by atoms with Gasteiger partial charge in [0.25, 0.3) is 0 Å². The van der Waals surface area contributed by atoms with Crippen molar-refractivity contribution < 1.29 is 4.79 Å². The molecule has 2 N–H and O–H groups in total. The Kier molecular flexibility index (Phi) is 4.35. The van der Waals surface area contributed by atoms with Gasteiger partial charge in [-0.25, -0.2) is 4.79 Å². The monoisotopic (exact) mass is 244 g/mol. The molecule has 0 aliphatic carbocycles. The first-order chi connectivity index (χ1) is 8.84. The number of carbonyl (C=O) groups is 1. The molecule has 1 aromatic carbocycles. The van der Waals surface area contributed by atoms with E-state index >= 15 is 0 Å². The van der Waals surface area contributed by atoms with E-state index in [4.69, 9.17) is 0 Å². The number of urea groups is 1. The SMILES string of the molecule is O=C(NCCn1cccn1)NCc1ccccc1. The topological polar surface area (TPSA) is 59.0 Å². The van der Waals surface area contributed by atoms with Crippen LogP contribution in [-0.4, -0.2) is 22.4 Å². The maximum absolute atomic E-state index is 11.5. The number of benzene rings is 1. The molecule has 2 amide bonds. The average molecular weight is 244 g/mol. The molecule has 0 radical (unpaired) electrons. The fourth-order valence-corrected chi connectivity index (χ4v) is 1.56. The van der Waals surface area contributed by atoms with Crippen molar-refractivity contribution in [3.8, 4) is 0 Å². The van der Waals surface area contributed by atoms with Gasteiger partial charge < -0.3 is 10.6 Å². The van der Waals surface area contributed by atoms with Crippen molar-refractivity contribution in [3.63, 3.8) is 0 Å². The van der Waals surface area contributed by atoms with E-state index in [2.05, 4.69) is 15.7 Å². The Bertz CT molecular complexity index is 467. The van der Waals surface area contributed by atoms with E-state index in [0.29, 0.717) is 19.6 Å². The van der Waals surface area contributed by atoms with Crippen LogP contribution in [0, 0.1) is 0 Å². The summed E-state index contributed by atoms with van der Waals surface area (Å²) in [7, 11) is 0. The van der Waals surface area contributed by atoms with Crippen LogP contribution < -0.4 is 10.6 Å². The number of rotatable bonds is 5. The number of aromatic nitrogens is 2. The molecular weight excluding hydrogens is 228 g/mol. The largest absolute Gasteiger partial charge is 0.336 e. The molecule has 0 aliphatic heterocycles.